The van der Waals surface area contributed by atoms with Crippen LogP contribution in [0, 0.1) is 0 Å². The van der Waals surface area contributed by atoms with Gasteiger partial charge in [0.15, 0.2) is 0 Å². The van der Waals surface area contributed by atoms with Gasteiger partial charge in [-0.2, -0.15) is 4.31 Å². The minimum atomic E-state index is -3.71. The summed E-state index contributed by atoms with van der Waals surface area (Å²) in [7, 11) is -2.24. The second kappa shape index (κ2) is 10.4. The van der Waals surface area contributed by atoms with Gasteiger partial charge in [-0.25, -0.2) is 8.42 Å². The van der Waals surface area contributed by atoms with Crippen molar-refractivity contribution < 1.29 is 22.7 Å². The number of rotatable bonds is 5. The van der Waals surface area contributed by atoms with Crippen molar-refractivity contribution in [2.24, 2.45) is 0 Å². The Morgan fingerprint density at radius 2 is 1.52 bits per heavy atom. The van der Waals surface area contributed by atoms with Crippen LogP contribution in [0.5, 0.6) is 5.75 Å². The van der Waals surface area contributed by atoms with E-state index in [-0.39, 0.29) is 22.3 Å². The number of nitrogens with zero attached hydrogens (tertiary/aromatic N) is 3. The zero-order valence-corrected chi connectivity index (χ0v) is 20.3. The minimum absolute atomic E-state index is 0.00728. The van der Waals surface area contributed by atoms with Crippen LogP contribution in [0.25, 0.3) is 0 Å². The largest absolute Gasteiger partial charge is 0.496 e. The Morgan fingerprint density at radius 1 is 0.879 bits per heavy atom. The maximum Gasteiger partial charge on any atom is 0.258 e. The van der Waals surface area contributed by atoms with Crippen LogP contribution >= 0.6 is 0 Å². The van der Waals surface area contributed by atoms with E-state index in [4.69, 9.17) is 4.74 Å². The van der Waals surface area contributed by atoms with E-state index in [1.807, 2.05) is 4.90 Å². The van der Waals surface area contributed by atoms with Crippen LogP contribution in [-0.4, -0.2) is 80.2 Å². The first-order chi connectivity index (χ1) is 15.9. The molecule has 2 amide bonds. The number of carbonyl (C=O) groups is 2. The summed E-state index contributed by atoms with van der Waals surface area (Å²) in [6.45, 7) is 2.95. The van der Waals surface area contributed by atoms with E-state index >= 15 is 0 Å². The number of amides is 2. The molecule has 3 saturated heterocycles. The molecule has 1 aromatic carbocycles. The van der Waals surface area contributed by atoms with E-state index in [1.54, 1.807) is 11.0 Å². The molecular weight excluding hydrogens is 442 g/mol. The molecule has 33 heavy (non-hydrogen) atoms. The molecule has 0 bridgehead atoms. The van der Waals surface area contributed by atoms with Crippen LogP contribution in [0.1, 0.15) is 68.1 Å². The Balaban J connectivity index is 1.63. The van der Waals surface area contributed by atoms with E-state index < -0.39 is 16.1 Å². The molecule has 1 aromatic rings. The van der Waals surface area contributed by atoms with Crippen molar-refractivity contribution in [3.63, 3.8) is 0 Å². The standard InChI is InChI=1S/C24H35N3O5S/c1-32-22-12-11-19(33(30,31)26-15-5-2-3-6-16-26)18-20(22)23(28)27-17-7-4-10-21(27)24(29)25-13-8-9-14-25/h11-12,18,21H,2-10,13-17H2,1H3. The van der Waals surface area contributed by atoms with Gasteiger partial charge in [-0.1, -0.05) is 12.8 Å². The number of likely N-dealkylation sites (tertiary alicyclic amines) is 2. The molecule has 1 atom stereocenters. The van der Waals surface area contributed by atoms with Crippen molar-refractivity contribution >= 4 is 21.8 Å². The van der Waals surface area contributed by atoms with Gasteiger partial charge in [-0.15, -0.1) is 0 Å². The lowest BCUT2D eigenvalue weighted by Gasteiger charge is -2.37. The summed E-state index contributed by atoms with van der Waals surface area (Å²) in [5, 5.41) is 0. The highest BCUT2D eigenvalue weighted by atomic mass is 32.2. The van der Waals surface area contributed by atoms with Gasteiger partial charge in [0.05, 0.1) is 17.6 Å². The first-order valence-corrected chi connectivity index (χ1v) is 13.7. The Hall–Kier alpha value is -2.13. The minimum Gasteiger partial charge on any atom is -0.496 e. The Labute approximate surface area is 196 Å². The molecule has 9 heteroatoms. The molecule has 0 spiro atoms. The molecule has 3 aliphatic heterocycles. The summed E-state index contributed by atoms with van der Waals surface area (Å²) in [4.78, 5) is 30.4. The van der Waals surface area contributed by atoms with E-state index in [0.29, 0.717) is 31.8 Å². The quantitative estimate of drug-likeness (QED) is 0.651. The lowest BCUT2D eigenvalue weighted by atomic mass is 9.99. The Bertz CT molecular complexity index is 966. The second-order valence-corrected chi connectivity index (χ2v) is 11.2. The maximum atomic E-state index is 13.7. The van der Waals surface area contributed by atoms with E-state index in [0.717, 1.165) is 64.5 Å². The van der Waals surface area contributed by atoms with E-state index in [2.05, 4.69) is 0 Å². The zero-order valence-electron chi connectivity index (χ0n) is 19.5. The average molecular weight is 478 g/mol. The highest BCUT2D eigenvalue weighted by molar-refractivity contribution is 7.89. The summed E-state index contributed by atoms with van der Waals surface area (Å²) in [6.07, 6.45) is 8.09. The number of methoxy groups -OCH3 is 1. The molecule has 8 nitrogen and oxygen atoms in total. The molecule has 4 rings (SSSR count). The van der Waals surface area contributed by atoms with Gasteiger partial charge in [0.2, 0.25) is 15.9 Å². The lowest BCUT2D eigenvalue weighted by Crippen LogP contribution is -2.52. The average Bonchev–Trinajstić information content (AvgIpc) is 3.24. The van der Waals surface area contributed by atoms with Crippen LogP contribution in [0.2, 0.25) is 0 Å². The van der Waals surface area contributed by atoms with Crippen LogP contribution in [0.4, 0.5) is 0 Å². The molecular formula is C24H35N3O5S. The van der Waals surface area contributed by atoms with Gasteiger partial charge in [0.25, 0.3) is 5.91 Å². The van der Waals surface area contributed by atoms with Crippen LogP contribution in [0.15, 0.2) is 23.1 Å². The molecule has 182 valence electrons. The summed E-state index contributed by atoms with van der Waals surface area (Å²) in [5.41, 5.74) is 0.203. The normalized spacial score (nSPS) is 22.8. The summed E-state index contributed by atoms with van der Waals surface area (Å²) < 4.78 is 33.6. The number of carbonyl (C=O) groups excluding carboxylic acids is 2. The third-order valence-electron chi connectivity index (χ3n) is 7.07. The third kappa shape index (κ3) is 5.04. The summed E-state index contributed by atoms with van der Waals surface area (Å²) in [5.74, 6) is -0.00219. The number of benzene rings is 1. The fourth-order valence-corrected chi connectivity index (χ4v) is 6.72. The van der Waals surface area contributed by atoms with E-state index in [9.17, 15) is 18.0 Å². The predicted molar refractivity (Wildman–Crippen MR) is 125 cm³/mol. The monoisotopic (exact) mass is 477 g/mol. The number of ether oxygens (including phenoxy) is 1. The van der Waals surface area contributed by atoms with Crippen LogP contribution < -0.4 is 4.74 Å². The van der Waals surface area contributed by atoms with Crippen molar-refractivity contribution in [1.82, 2.24) is 14.1 Å². The number of hydrogen-bond donors (Lipinski definition) is 0. The SMILES string of the molecule is COc1ccc(S(=O)(=O)N2CCCCCC2)cc1C(=O)N1CCCCC1C(=O)N1CCCC1. The van der Waals surface area contributed by atoms with Gasteiger partial charge >= 0.3 is 0 Å². The molecule has 0 aliphatic carbocycles. The fraction of sp³-hybridized carbons (Fsp3) is 0.667. The third-order valence-corrected chi connectivity index (χ3v) is 8.97. The molecule has 3 aliphatic rings. The van der Waals surface area contributed by atoms with E-state index in [1.165, 1.54) is 23.5 Å². The lowest BCUT2D eigenvalue weighted by molar-refractivity contribution is -0.136. The van der Waals surface area contributed by atoms with Crippen molar-refractivity contribution in [2.45, 2.75) is 68.7 Å². The van der Waals surface area contributed by atoms with Crippen LogP contribution in [-0.2, 0) is 14.8 Å². The first kappa shape index (κ1) is 24.0. The highest BCUT2D eigenvalue weighted by Gasteiger charge is 2.37. The van der Waals surface area contributed by atoms with Gasteiger partial charge in [0, 0.05) is 32.7 Å². The molecule has 0 aromatic heterocycles. The molecule has 0 radical (unpaired) electrons. The fourth-order valence-electron chi connectivity index (χ4n) is 5.18. The van der Waals surface area contributed by atoms with Gasteiger partial charge in [0.1, 0.15) is 11.8 Å². The smallest absolute Gasteiger partial charge is 0.258 e. The van der Waals surface area contributed by atoms with Crippen molar-refractivity contribution in [3.8, 4) is 5.75 Å². The van der Waals surface area contributed by atoms with Crippen molar-refractivity contribution in [1.29, 1.82) is 0 Å². The Morgan fingerprint density at radius 3 is 2.18 bits per heavy atom. The molecule has 0 saturated carbocycles. The van der Waals surface area contributed by atoms with Crippen LogP contribution in [0.3, 0.4) is 0 Å². The molecule has 1 unspecified atom stereocenters. The number of hydrogen-bond acceptors (Lipinski definition) is 5. The molecule has 3 fully saturated rings. The van der Waals surface area contributed by atoms with Crippen molar-refractivity contribution in [3.05, 3.63) is 23.8 Å². The summed E-state index contributed by atoms with van der Waals surface area (Å²) >= 11 is 0. The number of sulfonamides is 1. The maximum absolute atomic E-state index is 13.7. The second-order valence-electron chi connectivity index (χ2n) is 9.22. The zero-order chi connectivity index (χ0) is 23.4. The molecule has 3 heterocycles. The van der Waals surface area contributed by atoms with Gasteiger partial charge in [-0.05, 0) is 63.1 Å². The predicted octanol–water partition coefficient (Wildman–Crippen LogP) is 2.88. The number of piperidine rings is 1. The molecule has 0 N–H and O–H groups in total. The van der Waals surface area contributed by atoms with Crippen molar-refractivity contribution in [2.75, 3.05) is 39.8 Å². The Kier molecular flexibility index (Phi) is 7.58. The first-order valence-electron chi connectivity index (χ1n) is 12.2. The summed E-state index contributed by atoms with van der Waals surface area (Å²) in [6, 6.07) is 4.01. The topological polar surface area (TPSA) is 87.2 Å². The van der Waals surface area contributed by atoms with Gasteiger partial charge < -0.3 is 14.5 Å². The highest BCUT2D eigenvalue weighted by Crippen LogP contribution is 2.30. The van der Waals surface area contributed by atoms with Gasteiger partial charge in [-0.3, -0.25) is 9.59 Å².